The first kappa shape index (κ1) is 22.1. The van der Waals surface area contributed by atoms with Crippen molar-refractivity contribution in [2.45, 2.75) is 63.8 Å². The molecule has 2 aliphatic rings. The van der Waals surface area contributed by atoms with Crippen molar-refractivity contribution in [3.63, 3.8) is 0 Å². The summed E-state index contributed by atoms with van der Waals surface area (Å²) in [6, 6.07) is 6.48. The van der Waals surface area contributed by atoms with E-state index in [1.54, 1.807) is 12.1 Å². The number of amides is 3. The molecule has 1 aliphatic carbocycles. The van der Waals surface area contributed by atoms with E-state index in [2.05, 4.69) is 10.6 Å². The number of hydrogen-bond acceptors (Lipinski definition) is 4. The molecule has 2 fully saturated rings. The van der Waals surface area contributed by atoms with Gasteiger partial charge in [0.2, 0.25) is 5.91 Å². The SMILES string of the molecule is O=C(NCCCC(=O)N1CCC(C(=O)c2ccc(O)cc2)CC1)NC1CCCCC1. The molecule has 3 rings (SSSR count). The van der Waals surface area contributed by atoms with Gasteiger partial charge in [0, 0.05) is 43.6 Å². The topological polar surface area (TPSA) is 98.7 Å². The van der Waals surface area contributed by atoms with Crippen LogP contribution in [-0.2, 0) is 4.79 Å². The number of phenolic OH excluding ortho intramolecular Hbond substituents is 1. The van der Waals surface area contributed by atoms with E-state index in [-0.39, 0.29) is 35.4 Å². The minimum Gasteiger partial charge on any atom is -0.508 e. The van der Waals surface area contributed by atoms with Gasteiger partial charge in [-0.05, 0) is 56.4 Å². The summed E-state index contributed by atoms with van der Waals surface area (Å²) in [4.78, 5) is 38.8. The quantitative estimate of drug-likeness (QED) is 0.470. The molecular weight excluding hydrogens is 382 g/mol. The van der Waals surface area contributed by atoms with Gasteiger partial charge in [0.05, 0.1) is 0 Å². The Labute approximate surface area is 178 Å². The lowest BCUT2D eigenvalue weighted by atomic mass is 9.88. The second-order valence-electron chi connectivity index (χ2n) is 8.40. The predicted octanol–water partition coefficient (Wildman–Crippen LogP) is 3.23. The lowest BCUT2D eigenvalue weighted by molar-refractivity contribution is -0.132. The molecule has 0 aromatic heterocycles. The van der Waals surface area contributed by atoms with Crippen molar-refractivity contribution in [3.05, 3.63) is 29.8 Å². The number of nitrogens with zero attached hydrogens (tertiary/aromatic N) is 1. The molecule has 164 valence electrons. The first-order chi connectivity index (χ1) is 14.5. The van der Waals surface area contributed by atoms with Crippen LogP contribution < -0.4 is 10.6 Å². The van der Waals surface area contributed by atoms with E-state index >= 15 is 0 Å². The molecule has 0 unspecified atom stereocenters. The van der Waals surface area contributed by atoms with Crippen LogP contribution in [0.4, 0.5) is 4.79 Å². The highest BCUT2D eigenvalue weighted by Crippen LogP contribution is 2.23. The van der Waals surface area contributed by atoms with Crippen molar-refractivity contribution in [2.24, 2.45) is 5.92 Å². The number of rotatable bonds is 7. The van der Waals surface area contributed by atoms with Crippen molar-refractivity contribution in [2.75, 3.05) is 19.6 Å². The standard InChI is InChI=1S/C23H33N3O4/c27-20-10-8-17(9-11-20)22(29)18-12-15-26(16-13-18)21(28)7-4-14-24-23(30)25-19-5-2-1-3-6-19/h8-11,18-19,27H,1-7,12-16H2,(H2,24,25,30). The number of nitrogens with one attached hydrogen (secondary N) is 2. The highest BCUT2D eigenvalue weighted by Gasteiger charge is 2.27. The van der Waals surface area contributed by atoms with Crippen molar-refractivity contribution < 1.29 is 19.5 Å². The number of piperidine rings is 1. The molecular formula is C23H33N3O4. The number of ketones is 1. The normalized spacial score (nSPS) is 18.1. The van der Waals surface area contributed by atoms with Crippen LogP contribution in [0.5, 0.6) is 5.75 Å². The van der Waals surface area contributed by atoms with Crippen LogP contribution in [0.1, 0.15) is 68.1 Å². The fourth-order valence-electron chi connectivity index (χ4n) is 4.34. The highest BCUT2D eigenvalue weighted by molar-refractivity contribution is 5.98. The number of Topliss-reactive ketones (excluding diaryl/α,β-unsaturated/α-hetero) is 1. The van der Waals surface area contributed by atoms with Gasteiger partial charge in [-0.25, -0.2) is 4.79 Å². The van der Waals surface area contributed by atoms with Crippen LogP contribution in [0.3, 0.4) is 0 Å². The Morgan fingerprint density at radius 2 is 1.63 bits per heavy atom. The Balaban J connectivity index is 1.31. The van der Waals surface area contributed by atoms with Crippen LogP contribution in [0.25, 0.3) is 0 Å². The van der Waals surface area contributed by atoms with E-state index in [1.165, 1.54) is 31.4 Å². The van der Waals surface area contributed by atoms with Gasteiger partial charge in [-0.1, -0.05) is 19.3 Å². The van der Waals surface area contributed by atoms with Crippen LogP contribution >= 0.6 is 0 Å². The maximum absolute atomic E-state index is 12.6. The fourth-order valence-corrected chi connectivity index (χ4v) is 4.34. The van der Waals surface area contributed by atoms with Gasteiger partial charge in [0.1, 0.15) is 5.75 Å². The summed E-state index contributed by atoms with van der Waals surface area (Å²) in [6.07, 6.45) is 8.05. The summed E-state index contributed by atoms with van der Waals surface area (Å²) in [5, 5.41) is 15.2. The number of likely N-dealkylation sites (tertiary alicyclic amines) is 1. The Hall–Kier alpha value is -2.57. The highest BCUT2D eigenvalue weighted by atomic mass is 16.3. The monoisotopic (exact) mass is 415 g/mol. The van der Waals surface area contributed by atoms with Gasteiger partial charge < -0.3 is 20.6 Å². The van der Waals surface area contributed by atoms with Gasteiger partial charge in [-0.15, -0.1) is 0 Å². The number of carbonyl (C=O) groups excluding carboxylic acids is 3. The second kappa shape index (κ2) is 11.0. The van der Waals surface area contributed by atoms with Gasteiger partial charge in [-0.2, -0.15) is 0 Å². The minimum absolute atomic E-state index is 0.0790. The number of aromatic hydroxyl groups is 1. The molecule has 0 bridgehead atoms. The molecule has 30 heavy (non-hydrogen) atoms. The number of urea groups is 1. The Morgan fingerprint density at radius 3 is 2.30 bits per heavy atom. The molecule has 7 nitrogen and oxygen atoms in total. The number of carbonyl (C=O) groups is 3. The summed E-state index contributed by atoms with van der Waals surface area (Å²) in [5.41, 5.74) is 0.607. The molecule has 1 aliphatic heterocycles. The molecule has 0 radical (unpaired) electrons. The Kier molecular flexibility index (Phi) is 8.11. The smallest absolute Gasteiger partial charge is 0.315 e. The summed E-state index contributed by atoms with van der Waals surface area (Å²) in [5.74, 6) is 0.229. The molecule has 0 atom stereocenters. The lowest BCUT2D eigenvalue weighted by Crippen LogP contribution is -2.43. The summed E-state index contributed by atoms with van der Waals surface area (Å²) in [6.45, 7) is 1.66. The Morgan fingerprint density at radius 1 is 0.967 bits per heavy atom. The van der Waals surface area contributed by atoms with E-state index in [4.69, 9.17) is 0 Å². The molecule has 1 aromatic rings. The maximum atomic E-state index is 12.6. The van der Waals surface area contributed by atoms with E-state index in [0.717, 1.165) is 12.8 Å². The zero-order valence-corrected chi connectivity index (χ0v) is 17.6. The minimum atomic E-state index is -0.136. The number of hydrogen-bond donors (Lipinski definition) is 3. The van der Waals surface area contributed by atoms with Crippen molar-refractivity contribution in [1.82, 2.24) is 15.5 Å². The maximum Gasteiger partial charge on any atom is 0.315 e. The largest absolute Gasteiger partial charge is 0.508 e. The summed E-state index contributed by atoms with van der Waals surface area (Å²) >= 11 is 0. The number of phenols is 1. The Bertz CT molecular complexity index is 720. The molecule has 3 N–H and O–H groups in total. The predicted molar refractivity (Wildman–Crippen MR) is 114 cm³/mol. The fraction of sp³-hybridized carbons (Fsp3) is 0.609. The zero-order valence-electron chi connectivity index (χ0n) is 17.6. The van der Waals surface area contributed by atoms with Gasteiger partial charge >= 0.3 is 6.03 Å². The average molecular weight is 416 g/mol. The average Bonchev–Trinajstić information content (AvgIpc) is 2.77. The molecule has 1 aromatic carbocycles. The first-order valence-electron chi connectivity index (χ1n) is 11.2. The van der Waals surface area contributed by atoms with E-state index in [1.807, 2.05) is 4.90 Å². The third kappa shape index (κ3) is 6.47. The van der Waals surface area contributed by atoms with Crippen LogP contribution in [-0.4, -0.2) is 53.4 Å². The lowest BCUT2D eigenvalue weighted by Gasteiger charge is -2.31. The van der Waals surface area contributed by atoms with E-state index in [0.29, 0.717) is 50.9 Å². The molecule has 3 amide bonds. The summed E-state index contributed by atoms with van der Waals surface area (Å²) in [7, 11) is 0. The molecule has 1 saturated heterocycles. The van der Waals surface area contributed by atoms with Crippen LogP contribution in [0.15, 0.2) is 24.3 Å². The first-order valence-corrected chi connectivity index (χ1v) is 11.2. The van der Waals surface area contributed by atoms with Gasteiger partial charge in [-0.3, -0.25) is 9.59 Å². The second-order valence-corrected chi connectivity index (χ2v) is 8.40. The van der Waals surface area contributed by atoms with Gasteiger partial charge in [0.15, 0.2) is 5.78 Å². The molecule has 1 heterocycles. The number of benzene rings is 1. The third-order valence-electron chi connectivity index (χ3n) is 6.16. The van der Waals surface area contributed by atoms with Crippen molar-refractivity contribution in [1.29, 1.82) is 0 Å². The zero-order chi connectivity index (χ0) is 21.3. The molecule has 0 spiro atoms. The van der Waals surface area contributed by atoms with Gasteiger partial charge in [0.25, 0.3) is 0 Å². The van der Waals surface area contributed by atoms with Crippen molar-refractivity contribution in [3.8, 4) is 5.75 Å². The van der Waals surface area contributed by atoms with Crippen molar-refractivity contribution >= 4 is 17.7 Å². The molecule has 7 heteroatoms. The van der Waals surface area contributed by atoms with E-state index in [9.17, 15) is 19.5 Å². The van der Waals surface area contributed by atoms with Crippen LogP contribution in [0, 0.1) is 5.92 Å². The summed E-state index contributed by atoms with van der Waals surface area (Å²) < 4.78 is 0. The molecule has 1 saturated carbocycles. The third-order valence-corrected chi connectivity index (χ3v) is 6.16. The van der Waals surface area contributed by atoms with Crippen LogP contribution in [0.2, 0.25) is 0 Å². The van der Waals surface area contributed by atoms with E-state index < -0.39 is 0 Å².